The number of carbonyl (C=O) groups excluding carboxylic acids is 1. The molecule has 1 rings (SSSR count). The Labute approximate surface area is 82.4 Å². The van der Waals surface area contributed by atoms with Crippen LogP contribution < -0.4 is 4.74 Å². The van der Waals surface area contributed by atoms with E-state index >= 15 is 0 Å². The Morgan fingerprint density at radius 1 is 1.71 bits per heavy atom. The van der Waals surface area contributed by atoms with Gasteiger partial charge in [0, 0.05) is 18.7 Å². The zero-order chi connectivity index (χ0) is 10.4. The van der Waals surface area contributed by atoms with E-state index in [9.17, 15) is 4.79 Å². The monoisotopic (exact) mass is 190 g/mol. The van der Waals surface area contributed by atoms with Gasteiger partial charge in [-0.25, -0.2) is 11.6 Å². The highest BCUT2D eigenvalue weighted by atomic mass is 16.5. The van der Waals surface area contributed by atoms with Gasteiger partial charge in [-0.1, -0.05) is 13.0 Å². The number of ether oxygens (including phenoxy) is 1. The molecule has 0 N–H and O–H groups in total. The minimum Gasteiger partial charge on any atom is -0.400 e. The molecular weight excluding hydrogens is 180 g/mol. The topological polar surface area (TPSA) is 43.5 Å². The molecule has 0 aromatic carbocycles. The van der Waals surface area contributed by atoms with E-state index in [4.69, 9.17) is 11.3 Å². The van der Waals surface area contributed by atoms with Gasteiger partial charge < -0.3 is 4.74 Å². The molecule has 1 unspecified atom stereocenters. The SMILES string of the molecule is [C-]#[N+]C(Oc1ccccn1)C(=O)CC. The highest BCUT2D eigenvalue weighted by Crippen LogP contribution is 2.08. The number of hydrogen-bond donors (Lipinski definition) is 0. The number of carbonyl (C=O) groups is 1. The molecule has 0 spiro atoms. The van der Waals surface area contributed by atoms with Crippen molar-refractivity contribution in [2.45, 2.75) is 19.6 Å². The van der Waals surface area contributed by atoms with Gasteiger partial charge in [0.15, 0.2) is 0 Å². The maximum Gasteiger partial charge on any atom is 0.427 e. The number of hydrogen-bond acceptors (Lipinski definition) is 3. The average molecular weight is 190 g/mol. The normalized spacial score (nSPS) is 11.4. The lowest BCUT2D eigenvalue weighted by atomic mass is 10.3. The quantitative estimate of drug-likeness (QED) is 0.678. The van der Waals surface area contributed by atoms with Crippen molar-refractivity contribution in [3.05, 3.63) is 35.8 Å². The van der Waals surface area contributed by atoms with E-state index < -0.39 is 6.23 Å². The summed E-state index contributed by atoms with van der Waals surface area (Å²) in [4.78, 5) is 18.1. The fourth-order valence-corrected chi connectivity index (χ4v) is 0.870. The third-order valence-corrected chi connectivity index (χ3v) is 1.61. The molecule has 0 amide bonds. The van der Waals surface area contributed by atoms with Crippen LogP contribution in [-0.2, 0) is 4.79 Å². The van der Waals surface area contributed by atoms with Gasteiger partial charge in [-0.3, -0.25) is 9.64 Å². The molecule has 1 aromatic rings. The van der Waals surface area contributed by atoms with Crippen LogP contribution in [0.4, 0.5) is 0 Å². The molecule has 1 aromatic heterocycles. The molecule has 0 aliphatic rings. The molecule has 1 atom stereocenters. The average Bonchev–Trinajstić information content (AvgIpc) is 2.26. The summed E-state index contributed by atoms with van der Waals surface area (Å²) in [6, 6.07) is 5.09. The van der Waals surface area contributed by atoms with E-state index in [1.54, 1.807) is 31.3 Å². The summed E-state index contributed by atoms with van der Waals surface area (Å²) in [7, 11) is 0. The molecule has 4 nitrogen and oxygen atoms in total. The van der Waals surface area contributed by atoms with Crippen LogP contribution in [0.5, 0.6) is 5.88 Å². The van der Waals surface area contributed by atoms with Gasteiger partial charge in [0.25, 0.3) is 5.78 Å². The number of rotatable bonds is 4. The van der Waals surface area contributed by atoms with E-state index in [0.29, 0.717) is 12.3 Å². The van der Waals surface area contributed by atoms with Crippen molar-refractivity contribution >= 4 is 5.78 Å². The lowest BCUT2D eigenvalue weighted by Gasteiger charge is -2.04. The molecule has 14 heavy (non-hydrogen) atoms. The number of ketones is 1. The number of aromatic nitrogens is 1. The van der Waals surface area contributed by atoms with Crippen molar-refractivity contribution in [2.75, 3.05) is 0 Å². The second-order valence-electron chi connectivity index (χ2n) is 2.59. The van der Waals surface area contributed by atoms with Crippen molar-refractivity contribution < 1.29 is 9.53 Å². The molecule has 0 bridgehead atoms. The Morgan fingerprint density at radius 3 is 3.00 bits per heavy atom. The first kappa shape index (κ1) is 10.2. The molecule has 1 heterocycles. The van der Waals surface area contributed by atoms with Gasteiger partial charge >= 0.3 is 6.23 Å². The second kappa shape index (κ2) is 4.97. The van der Waals surface area contributed by atoms with Crippen molar-refractivity contribution in [3.8, 4) is 5.88 Å². The van der Waals surface area contributed by atoms with E-state index in [1.807, 2.05) is 0 Å². The fraction of sp³-hybridized carbons (Fsp3) is 0.300. The maximum absolute atomic E-state index is 11.2. The predicted molar refractivity (Wildman–Crippen MR) is 50.6 cm³/mol. The van der Waals surface area contributed by atoms with Crippen LogP contribution >= 0.6 is 0 Å². The first-order chi connectivity index (χ1) is 6.77. The first-order valence-corrected chi connectivity index (χ1v) is 4.25. The predicted octanol–water partition coefficient (Wildman–Crippen LogP) is 1.68. The Bertz CT molecular complexity index is 343. The van der Waals surface area contributed by atoms with E-state index in [0.717, 1.165) is 0 Å². The van der Waals surface area contributed by atoms with Crippen molar-refractivity contribution in [1.29, 1.82) is 0 Å². The fourth-order valence-electron chi connectivity index (χ4n) is 0.870. The van der Waals surface area contributed by atoms with Crippen LogP contribution in [0.3, 0.4) is 0 Å². The largest absolute Gasteiger partial charge is 0.427 e. The van der Waals surface area contributed by atoms with Gasteiger partial charge in [0.05, 0.1) is 0 Å². The minimum absolute atomic E-state index is 0.231. The molecule has 0 radical (unpaired) electrons. The third kappa shape index (κ3) is 2.56. The van der Waals surface area contributed by atoms with Crippen LogP contribution in [0, 0.1) is 6.57 Å². The summed E-state index contributed by atoms with van der Waals surface area (Å²) in [5.74, 6) is 0.0703. The van der Waals surface area contributed by atoms with E-state index in [2.05, 4.69) is 9.83 Å². The summed E-state index contributed by atoms with van der Waals surface area (Å²) in [5.41, 5.74) is 0. The smallest absolute Gasteiger partial charge is 0.400 e. The van der Waals surface area contributed by atoms with E-state index in [-0.39, 0.29) is 5.78 Å². The van der Waals surface area contributed by atoms with Crippen LogP contribution in [0.15, 0.2) is 24.4 Å². The van der Waals surface area contributed by atoms with Crippen molar-refractivity contribution in [3.63, 3.8) is 0 Å². The molecule has 0 saturated carbocycles. The zero-order valence-electron chi connectivity index (χ0n) is 7.80. The highest BCUT2D eigenvalue weighted by Gasteiger charge is 2.23. The Kier molecular flexibility index (Phi) is 3.62. The van der Waals surface area contributed by atoms with Crippen molar-refractivity contribution in [2.24, 2.45) is 0 Å². The third-order valence-electron chi connectivity index (χ3n) is 1.61. The number of nitrogens with zero attached hydrogens (tertiary/aromatic N) is 2. The molecule has 0 fully saturated rings. The lowest BCUT2D eigenvalue weighted by molar-refractivity contribution is -0.123. The summed E-state index contributed by atoms with van der Waals surface area (Å²) >= 11 is 0. The van der Waals surface area contributed by atoms with Gasteiger partial charge in [0.2, 0.25) is 5.88 Å². The number of pyridine rings is 1. The lowest BCUT2D eigenvalue weighted by Crippen LogP contribution is -2.23. The highest BCUT2D eigenvalue weighted by molar-refractivity contribution is 5.84. The van der Waals surface area contributed by atoms with Gasteiger partial charge in [0.1, 0.15) is 0 Å². The van der Waals surface area contributed by atoms with Gasteiger partial charge in [-0.15, -0.1) is 0 Å². The maximum atomic E-state index is 11.2. The van der Waals surface area contributed by atoms with Crippen LogP contribution in [-0.4, -0.2) is 17.0 Å². The Balaban J connectivity index is 2.68. The second-order valence-corrected chi connectivity index (χ2v) is 2.59. The van der Waals surface area contributed by atoms with Gasteiger partial charge in [-0.05, 0) is 6.07 Å². The van der Waals surface area contributed by atoms with Crippen LogP contribution in [0.25, 0.3) is 4.85 Å². The Morgan fingerprint density at radius 2 is 2.50 bits per heavy atom. The zero-order valence-corrected chi connectivity index (χ0v) is 7.80. The molecule has 4 heteroatoms. The van der Waals surface area contributed by atoms with E-state index in [1.165, 1.54) is 0 Å². The molecule has 0 saturated heterocycles. The summed E-state index contributed by atoms with van der Waals surface area (Å²) in [6.45, 7) is 8.49. The minimum atomic E-state index is -1.06. The van der Waals surface area contributed by atoms with Crippen molar-refractivity contribution in [1.82, 2.24) is 4.98 Å². The van der Waals surface area contributed by atoms with Crippen LogP contribution in [0.1, 0.15) is 13.3 Å². The summed E-state index contributed by atoms with van der Waals surface area (Å²) in [5, 5.41) is 0. The molecule has 72 valence electrons. The summed E-state index contributed by atoms with van der Waals surface area (Å²) in [6.07, 6.45) is 0.780. The molecule has 0 aliphatic heterocycles. The molecular formula is C10H10N2O2. The standard InChI is InChI=1S/C10H10N2O2/c1-3-8(13)10(11-2)14-9-6-4-5-7-12-9/h4-7,10H,3H2,1H3. The summed E-state index contributed by atoms with van der Waals surface area (Å²) < 4.78 is 5.10. The van der Waals surface area contributed by atoms with Crippen LogP contribution in [0.2, 0.25) is 0 Å². The van der Waals surface area contributed by atoms with Gasteiger partial charge in [-0.2, -0.15) is 0 Å². The number of Topliss-reactive ketones (excluding diaryl/α,β-unsaturated/α-hetero) is 1. The molecule has 0 aliphatic carbocycles. The Hall–Kier alpha value is -1.89. The first-order valence-electron chi connectivity index (χ1n) is 4.25.